The van der Waals surface area contributed by atoms with Crippen LogP contribution in [0.15, 0.2) is 48.5 Å². The lowest BCUT2D eigenvalue weighted by molar-refractivity contribution is 0.0634. The first-order chi connectivity index (χ1) is 11.7. The van der Waals surface area contributed by atoms with Gasteiger partial charge in [-0.2, -0.15) is 0 Å². The number of aromatic carboxylic acids is 1. The zero-order valence-corrected chi connectivity index (χ0v) is 14.3. The number of carbonyl (C=O) groups excluding carboxylic acids is 1. The fourth-order valence-electron chi connectivity index (χ4n) is 1.97. The Morgan fingerprint density at radius 2 is 1.60 bits per heavy atom. The van der Waals surface area contributed by atoms with Crippen molar-refractivity contribution in [3.8, 4) is 11.8 Å². The van der Waals surface area contributed by atoms with E-state index < -0.39 is 17.7 Å². The summed E-state index contributed by atoms with van der Waals surface area (Å²) in [5.74, 6) is 4.88. The summed E-state index contributed by atoms with van der Waals surface area (Å²) < 4.78 is 5.20. The molecule has 0 aliphatic rings. The lowest BCUT2D eigenvalue weighted by Gasteiger charge is -2.19. The molecular formula is C20H19NO4. The third kappa shape index (κ3) is 6.04. The maximum absolute atomic E-state index is 11.8. The van der Waals surface area contributed by atoms with Crippen LogP contribution >= 0.6 is 0 Å². The van der Waals surface area contributed by atoms with Gasteiger partial charge in [0.1, 0.15) is 5.60 Å². The predicted octanol–water partition coefficient (Wildman–Crippen LogP) is 4.13. The number of carboxylic acids is 1. The second-order valence-electron chi connectivity index (χ2n) is 6.34. The van der Waals surface area contributed by atoms with Crippen LogP contribution in [0.3, 0.4) is 0 Å². The molecule has 5 heteroatoms. The summed E-state index contributed by atoms with van der Waals surface area (Å²) in [6.07, 6.45) is -0.535. The van der Waals surface area contributed by atoms with E-state index >= 15 is 0 Å². The van der Waals surface area contributed by atoms with E-state index in [1.54, 1.807) is 57.2 Å². The van der Waals surface area contributed by atoms with E-state index in [0.717, 1.165) is 0 Å². The standard InChI is InChI=1S/C20H19NO4/c1-20(2,3)25-19(24)21-17-9-5-7-15(13-17)11-10-14-6-4-8-16(12-14)18(22)23/h4-9,12-13H,1-3H3,(H,21,24)(H,22,23). The average molecular weight is 337 g/mol. The SMILES string of the molecule is CC(C)(C)OC(=O)Nc1cccc(C#Cc2cccc(C(=O)O)c2)c1. The molecule has 0 atom stereocenters. The molecule has 2 aromatic carbocycles. The van der Waals surface area contributed by atoms with E-state index in [-0.39, 0.29) is 5.56 Å². The van der Waals surface area contributed by atoms with Gasteiger partial charge in [-0.15, -0.1) is 0 Å². The summed E-state index contributed by atoms with van der Waals surface area (Å²) in [4.78, 5) is 22.8. The van der Waals surface area contributed by atoms with E-state index in [4.69, 9.17) is 9.84 Å². The molecule has 2 rings (SSSR count). The van der Waals surface area contributed by atoms with Gasteiger partial charge in [-0.3, -0.25) is 5.32 Å². The third-order valence-electron chi connectivity index (χ3n) is 2.97. The van der Waals surface area contributed by atoms with Crippen LogP contribution < -0.4 is 5.32 Å². The molecule has 0 saturated carbocycles. The van der Waals surface area contributed by atoms with Crippen molar-refractivity contribution < 1.29 is 19.4 Å². The first-order valence-electron chi connectivity index (χ1n) is 7.68. The molecule has 0 heterocycles. The van der Waals surface area contributed by atoms with Gasteiger partial charge < -0.3 is 9.84 Å². The zero-order valence-electron chi connectivity index (χ0n) is 14.3. The average Bonchev–Trinajstić information content (AvgIpc) is 2.51. The maximum Gasteiger partial charge on any atom is 0.412 e. The van der Waals surface area contributed by atoms with E-state index in [1.807, 2.05) is 0 Å². The lowest BCUT2D eigenvalue weighted by atomic mass is 10.1. The van der Waals surface area contributed by atoms with Gasteiger partial charge in [0.15, 0.2) is 0 Å². The molecule has 0 bridgehead atoms. The number of benzene rings is 2. The normalized spacial score (nSPS) is 10.4. The Balaban J connectivity index is 2.14. The number of carbonyl (C=O) groups is 2. The highest BCUT2D eigenvalue weighted by Gasteiger charge is 2.16. The molecule has 1 amide bonds. The summed E-state index contributed by atoms with van der Waals surface area (Å²) in [6, 6.07) is 13.4. The third-order valence-corrected chi connectivity index (χ3v) is 2.97. The Kier molecular flexibility index (Phi) is 5.45. The number of carboxylic acid groups (broad SMARTS) is 1. The summed E-state index contributed by atoms with van der Waals surface area (Å²) in [7, 11) is 0. The molecule has 128 valence electrons. The van der Waals surface area contributed by atoms with Crippen LogP contribution in [0.5, 0.6) is 0 Å². The first kappa shape index (κ1) is 18.1. The van der Waals surface area contributed by atoms with Crippen molar-refractivity contribution in [3.63, 3.8) is 0 Å². The number of hydrogen-bond donors (Lipinski definition) is 2. The molecule has 2 aromatic rings. The van der Waals surface area contributed by atoms with Crippen molar-refractivity contribution in [1.82, 2.24) is 0 Å². The molecule has 0 aliphatic carbocycles. The molecule has 0 unspecified atom stereocenters. The van der Waals surface area contributed by atoms with E-state index in [1.165, 1.54) is 12.1 Å². The predicted molar refractivity (Wildman–Crippen MR) is 95.7 cm³/mol. The highest BCUT2D eigenvalue weighted by atomic mass is 16.6. The molecule has 5 nitrogen and oxygen atoms in total. The van der Waals surface area contributed by atoms with Crippen LogP contribution in [-0.2, 0) is 4.74 Å². The fourth-order valence-corrected chi connectivity index (χ4v) is 1.97. The van der Waals surface area contributed by atoms with E-state index in [9.17, 15) is 9.59 Å². The minimum Gasteiger partial charge on any atom is -0.478 e. The van der Waals surface area contributed by atoms with Crippen LogP contribution in [0.25, 0.3) is 0 Å². The van der Waals surface area contributed by atoms with Gasteiger partial charge in [0, 0.05) is 16.8 Å². The molecule has 0 aliphatic heterocycles. The molecule has 0 fully saturated rings. The van der Waals surface area contributed by atoms with Crippen molar-refractivity contribution in [1.29, 1.82) is 0 Å². The second kappa shape index (κ2) is 7.54. The van der Waals surface area contributed by atoms with Crippen LogP contribution in [0.1, 0.15) is 42.3 Å². The van der Waals surface area contributed by atoms with Crippen molar-refractivity contribution >= 4 is 17.7 Å². The van der Waals surface area contributed by atoms with Gasteiger partial charge in [0.05, 0.1) is 5.56 Å². The van der Waals surface area contributed by atoms with Crippen molar-refractivity contribution in [2.24, 2.45) is 0 Å². The number of amides is 1. The van der Waals surface area contributed by atoms with Crippen LogP contribution in [0, 0.1) is 11.8 Å². The quantitative estimate of drug-likeness (QED) is 0.808. The fraction of sp³-hybridized carbons (Fsp3) is 0.200. The molecule has 25 heavy (non-hydrogen) atoms. The van der Waals surface area contributed by atoms with Gasteiger partial charge in [0.25, 0.3) is 0 Å². The highest BCUT2D eigenvalue weighted by Crippen LogP contribution is 2.13. The number of rotatable bonds is 2. The number of nitrogens with one attached hydrogen (secondary N) is 1. The lowest BCUT2D eigenvalue weighted by Crippen LogP contribution is -2.27. The summed E-state index contributed by atoms with van der Waals surface area (Å²) in [6.45, 7) is 5.37. The first-order valence-corrected chi connectivity index (χ1v) is 7.68. The van der Waals surface area contributed by atoms with Crippen LogP contribution in [0.2, 0.25) is 0 Å². The summed E-state index contributed by atoms with van der Waals surface area (Å²) >= 11 is 0. The van der Waals surface area contributed by atoms with Crippen LogP contribution in [-0.4, -0.2) is 22.8 Å². The number of hydrogen-bond acceptors (Lipinski definition) is 3. The molecular weight excluding hydrogens is 318 g/mol. The smallest absolute Gasteiger partial charge is 0.412 e. The topological polar surface area (TPSA) is 75.6 Å². The number of ether oxygens (including phenoxy) is 1. The van der Waals surface area contributed by atoms with E-state index in [0.29, 0.717) is 16.8 Å². The largest absolute Gasteiger partial charge is 0.478 e. The van der Waals surface area contributed by atoms with Gasteiger partial charge in [-0.05, 0) is 57.2 Å². The molecule has 0 saturated heterocycles. The zero-order chi connectivity index (χ0) is 18.4. The Morgan fingerprint density at radius 1 is 1.00 bits per heavy atom. The Hall–Kier alpha value is -3.26. The molecule has 0 spiro atoms. The maximum atomic E-state index is 11.8. The minimum absolute atomic E-state index is 0.187. The highest BCUT2D eigenvalue weighted by molar-refractivity contribution is 5.88. The molecule has 0 aromatic heterocycles. The summed E-state index contributed by atoms with van der Waals surface area (Å²) in [5.41, 5.74) is 1.48. The van der Waals surface area contributed by atoms with Gasteiger partial charge in [0.2, 0.25) is 0 Å². The van der Waals surface area contributed by atoms with Crippen molar-refractivity contribution in [3.05, 3.63) is 65.2 Å². The molecule has 0 radical (unpaired) electrons. The van der Waals surface area contributed by atoms with Crippen molar-refractivity contribution in [2.75, 3.05) is 5.32 Å². The Morgan fingerprint density at radius 3 is 2.20 bits per heavy atom. The van der Waals surface area contributed by atoms with Gasteiger partial charge >= 0.3 is 12.1 Å². The summed E-state index contributed by atoms with van der Waals surface area (Å²) in [5, 5.41) is 11.6. The Bertz CT molecular complexity index is 854. The number of anilines is 1. The van der Waals surface area contributed by atoms with Gasteiger partial charge in [-0.1, -0.05) is 24.0 Å². The van der Waals surface area contributed by atoms with E-state index in [2.05, 4.69) is 17.2 Å². The van der Waals surface area contributed by atoms with Crippen molar-refractivity contribution in [2.45, 2.75) is 26.4 Å². The monoisotopic (exact) mass is 337 g/mol. The minimum atomic E-state index is -0.993. The Labute approximate surface area is 146 Å². The molecule has 2 N–H and O–H groups in total. The van der Waals surface area contributed by atoms with Gasteiger partial charge in [-0.25, -0.2) is 9.59 Å². The van der Waals surface area contributed by atoms with Crippen LogP contribution in [0.4, 0.5) is 10.5 Å². The second-order valence-corrected chi connectivity index (χ2v) is 6.34.